The van der Waals surface area contributed by atoms with Crippen molar-refractivity contribution in [3.8, 4) is 0 Å². The van der Waals surface area contributed by atoms with Crippen LogP contribution in [0.25, 0.3) is 11.2 Å². The van der Waals surface area contributed by atoms with Gasteiger partial charge in [-0.25, -0.2) is 14.8 Å². The Morgan fingerprint density at radius 1 is 1.31 bits per heavy atom. The van der Waals surface area contributed by atoms with Crippen molar-refractivity contribution in [1.29, 1.82) is 0 Å². The average Bonchev–Trinajstić information content (AvgIpc) is 2.58. The third-order valence-electron chi connectivity index (χ3n) is 1.83. The van der Waals surface area contributed by atoms with Gasteiger partial charge in [0.15, 0.2) is 11.3 Å². The number of rotatable bonds is 1. The summed E-state index contributed by atoms with van der Waals surface area (Å²) in [4.78, 5) is 19.2. The molecule has 2 aromatic heterocycles. The molecule has 2 N–H and O–H groups in total. The van der Waals surface area contributed by atoms with Gasteiger partial charge in [-0.3, -0.25) is 0 Å². The number of aromatic amines is 1. The minimum absolute atomic E-state index is 0.0392. The summed E-state index contributed by atoms with van der Waals surface area (Å²) in [6.45, 7) is 0. The SMILES string of the molecule is O=C(O)c1ccc2[nH]c(C(F)(F)F)nc2n1. The first-order valence-corrected chi connectivity index (χ1v) is 4.05. The van der Waals surface area contributed by atoms with E-state index in [-0.39, 0.29) is 16.9 Å². The van der Waals surface area contributed by atoms with E-state index >= 15 is 0 Å². The van der Waals surface area contributed by atoms with E-state index in [1.165, 1.54) is 6.07 Å². The number of halogens is 3. The number of hydrogen-bond donors (Lipinski definition) is 2. The number of fused-ring (bicyclic) bond motifs is 1. The molecule has 0 fully saturated rings. The predicted molar refractivity (Wildman–Crippen MR) is 45.9 cm³/mol. The number of nitrogens with one attached hydrogen (secondary N) is 1. The molecular weight excluding hydrogens is 227 g/mol. The first kappa shape index (κ1) is 10.4. The molecule has 0 spiro atoms. The Hall–Kier alpha value is -2.12. The molecule has 8 heteroatoms. The molecule has 2 rings (SSSR count). The Bertz CT molecular complexity index is 561. The van der Waals surface area contributed by atoms with Gasteiger partial charge >= 0.3 is 12.1 Å². The van der Waals surface area contributed by atoms with Crippen molar-refractivity contribution in [3.63, 3.8) is 0 Å². The molecule has 0 saturated carbocycles. The lowest BCUT2D eigenvalue weighted by molar-refractivity contribution is -0.144. The van der Waals surface area contributed by atoms with E-state index in [9.17, 15) is 18.0 Å². The maximum atomic E-state index is 12.2. The van der Waals surface area contributed by atoms with Gasteiger partial charge in [0, 0.05) is 0 Å². The fourth-order valence-electron chi connectivity index (χ4n) is 1.15. The molecule has 84 valence electrons. The monoisotopic (exact) mass is 231 g/mol. The lowest BCUT2D eigenvalue weighted by Gasteiger charge is -1.98. The van der Waals surface area contributed by atoms with Crippen molar-refractivity contribution in [1.82, 2.24) is 15.0 Å². The van der Waals surface area contributed by atoms with E-state index in [1.807, 2.05) is 4.98 Å². The number of aromatic nitrogens is 3. The summed E-state index contributed by atoms with van der Waals surface area (Å²) in [5, 5.41) is 8.59. The van der Waals surface area contributed by atoms with Crippen molar-refractivity contribution in [2.24, 2.45) is 0 Å². The molecule has 0 aliphatic heterocycles. The van der Waals surface area contributed by atoms with E-state index < -0.39 is 18.0 Å². The highest BCUT2D eigenvalue weighted by Gasteiger charge is 2.35. The van der Waals surface area contributed by atoms with Crippen molar-refractivity contribution in [2.45, 2.75) is 6.18 Å². The van der Waals surface area contributed by atoms with Gasteiger partial charge in [-0.1, -0.05) is 0 Å². The van der Waals surface area contributed by atoms with Crippen LogP contribution >= 0.6 is 0 Å². The van der Waals surface area contributed by atoms with Gasteiger partial charge in [0.1, 0.15) is 0 Å². The van der Waals surface area contributed by atoms with Crippen LogP contribution in [-0.2, 0) is 6.18 Å². The highest BCUT2D eigenvalue weighted by molar-refractivity contribution is 5.88. The minimum Gasteiger partial charge on any atom is -0.477 e. The van der Waals surface area contributed by atoms with Crippen molar-refractivity contribution in [3.05, 3.63) is 23.7 Å². The summed E-state index contributed by atoms with van der Waals surface area (Å²) in [5.74, 6) is -2.52. The van der Waals surface area contributed by atoms with E-state index in [0.717, 1.165) is 6.07 Å². The highest BCUT2D eigenvalue weighted by atomic mass is 19.4. The topological polar surface area (TPSA) is 78.9 Å². The van der Waals surface area contributed by atoms with Crippen molar-refractivity contribution in [2.75, 3.05) is 0 Å². The smallest absolute Gasteiger partial charge is 0.449 e. The van der Waals surface area contributed by atoms with Gasteiger partial charge in [0.05, 0.1) is 5.52 Å². The van der Waals surface area contributed by atoms with Crippen LogP contribution in [0.3, 0.4) is 0 Å². The second-order valence-electron chi connectivity index (χ2n) is 2.96. The maximum Gasteiger partial charge on any atom is 0.449 e. The van der Waals surface area contributed by atoms with E-state index in [4.69, 9.17) is 5.11 Å². The molecule has 0 saturated heterocycles. The third-order valence-corrected chi connectivity index (χ3v) is 1.83. The molecule has 0 atom stereocenters. The number of hydrogen-bond acceptors (Lipinski definition) is 3. The van der Waals surface area contributed by atoms with E-state index in [1.54, 1.807) is 0 Å². The molecule has 0 radical (unpaired) electrons. The second kappa shape index (κ2) is 3.19. The molecule has 0 aliphatic carbocycles. The Morgan fingerprint density at radius 3 is 2.56 bits per heavy atom. The molecule has 5 nitrogen and oxygen atoms in total. The lowest BCUT2D eigenvalue weighted by Crippen LogP contribution is -2.07. The van der Waals surface area contributed by atoms with Crippen LogP contribution in [0.5, 0.6) is 0 Å². The Kier molecular flexibility index (Phi) is 2.07. The number of carboxylic acid groups (broad SMARTS) is 1. The number of aromatic carboxylic acids is 1. The molecule has 0 aromatic carbocycles. The average molecular weight is 231 g/mol. The van der Waals surface area contributed by atoms with Crippen LogP contribution in [0, 0.1) is 0 Å². The molecule has 0 aliphatic rings. The Balaban J connectivity index is 2.59. The van der Waals surface area contributed by atoms with Crippen molar-refractivity contribution < 1.29 is 23.1 Å². The van der Waals surface area contributed by atoms with E-state index in [0.29, 0.717) is 0 Å². The van der Waals surface area contributed by atoms with Gasteiger partial charge in [-0.15, -0.1) is 0 Å². The standard InChI is InChI=1S/C8H4F3N3O2/c9-8(10,11)7-13-3-1-2-4(6(15)16)12-5(3)14-7/h1-2H,(H,15,16)(H,12,13,14). The first-order chi connectivity index (χ1) is 7.38. The van der Waals surface area contributed by atoms with Gasteiger partial charge in [0.25, 0.3) is 0 Å². The largest absolute Gasteiger partial charge is 0.477 e. The number of H-pyrrole nitrogens is 1. The molecule has 0 bridgehead atoms. The van der Waals surface area contributed by atoms with Crippen LogP contribution < -0.4 is 0 Å². The molecule has 16 heavy (non-hydrogen) atoms. The molecule has 0 unspecified atom stereocenters. The zero-order valence-electron chi connectivity index (χ0n) is 7.54. The zero-order valence-corrected chi connectivity index (χ0v) is 7.54. The summed E-state index contributed by atoms with van der Waals surface area (Å²) >= 11 is 0. The summed E-state index contributed by atoms with van der Waals surface area (Å²) in [5.41, 5.74) is -0.586. The summed E-state index contributed by atoms with van der Waals surface area (Å²) in [6, 6.07) is 2.29. The Labute approximate surface area is 85.9 Å². The minimum atomic E-state index is -4.61. The number of carboxylic acids is 1. The first-order valence-electron chi connectivity index (χ1n) is 4.05. The quantitative estimate of drug-likeness (QED) is 0.782. The van der Waals surface area contributed by atoms with Crippen LogP contribution in [0.4, 0.5) is 13.2 Å². The molecule has 2 aromatic rings. The van der Waals surface area contributed by atoms with E-state index in [2.05, 4.69) is 9.97 Å². The summed E-state index contributed by atoms with van der Waals surface area (Å²) in [6.07, 6.45) is -4.61. The highest BCUT2D eigenvalue weighted by Crippen LogP contribution is 2.27. The molecular formula is C8H4F3N3O2. The van der Waals surface area contributed by atoms with Crippen LogP contribution in [0.2, 0.25) is 0 Å². The van der Waals surface area contributed by atoms with Crippen molar-refractivity contribution >= 4 is 17.1 Å². The van der Waals surface area contributed by atoms with Gasteiger partial charge < -0.3 is 10.1 Å². The molecule has 2 heterocycles. The zero-order chi connectivity index (χ0) is 11.9. The predicted octanol–water partition coefficient (Wildman–Crippen LogP) is 1.67. The number of pyridine rings is 1. The Morgan fingerprint density at radius 2 is 2.00 bits per heavy atom. The fraction of sp³-hybridized carbons (Fsp3) is 0.125. The molecule has 0 amide bonds. The van der Waals surface area contributed by atoms with Gasteiger partial charge in [-0.2, -0.15) is 13.2 Å². The summed E-state index contributed by atoms with van der Waals surface area (Å²) in [7, 11) is 0. The normalized spacial score (nSPS) is 11.9. The number of alkyl halides is 3. The summed E-state index contributed by atoms with van der Waals surface area (Å²) < 4.78 is 36.7. The van der Waals surface area contributed by atoms with Gasteiger partial charge in [0.2, 0.25) is 5.82 Å². The van der Waals surface area contributed by atoms with Crippen LogP contribution in [-0.4, -0.2) is 26.0 Å². The lowest BCUT2D eigenvalue weighted by atomic mass is 10.3. The number of imidazole rings is 1. The fourth-order valence-corrected chi connectivity index (χ4v) is 1.15. The number of nitrogens with zero attached hydrogens (tertiary/aromatic N) is 2. The third kappa shape index (κ3) is 1.69. The van der Waals surface area contributed by atoms with Gasteiger partial charge in [-0.05, 0) is 12.1 Å². The van der Waals surface area contributed by atoms with Crippen LogP contribution in [0.15, 0.2) is 12.1 Å². The second-order valence-corrected chi connectivity index (χ2v) is 2.96. The van der Waals surface area contributed by atoms with Crippen LogP contribution in [0.1, 0.15) is 16.3 Å². The maximum absolute atomic E-state index is 12.2. The number of carbonyl (C=O) groups is 1.